The normalized spacial score (nSPS) is 17.7. The Morgan fingerprint density at radius 3 is 2.62 bits per heavy atom. The van der Waals surface area contributed by atoms with Gasteiger partial charge in [0.2, 0.25) is 0 Å². The number of hydrogen-bond acceptors (Lipinski definition) is 7. The molecule has 0 aliphatic carbocycles. The number of fused-ring (bicyclic) bond motifs is 1. The lowest BCUT2D eigenvalue weighted by molar-refractivity contribution is -0.139. The number of nitrogens with one attached hydrogen (secondary N) is 2. The average molecular weight is 656 g/mol. The third-order valence-corrected chi connectivity index (χ3v) is 8.63. The van der Waals surface area contributed by atoms with Crippen molar-refractivity contribution in [2.24, 2.45) is 5.92 Å². The number of piperidine rings is 1. The van der Waals surface area contributed by atoms with Crippen LogP contribution in [0.4, 0.5) is 27.6 Å². The Balaban J connectivity index is 1.58. The zero-order valence-corrected chi connectivity index (χ0v) is 25.7. The van der Waals surface area contributed by atoms with Crippen LogP contribution in [0.15, 0.2) is 41.6 Å². The SMILES string of the molecule is COCCN1CC[C@H](NC(=O)c2cc(C#CCNc3ccc(S(C)(=O)=O)cc3C(F)F)cc3c2ncn3CC(F)(F)F)[C@@H](C)C1. The van der Waals surface area contributed by atoms with Crippen LogP contribution in [-0.2, 0) is 21.1 Å². The van der Waals surface area contributed by atoms with Crippen molar-refractivity contribution in [1.82, 2.24) is 19.8 Å². The minimum Gasteiger partial charge on any atom is -0.383 e. The summed E-state index contributed by atoms with van der Waals surface area (Å²) in [6, 6.07) is 5.97. The molecule has 1 aliphatic heterocycles. The Hall–Kier alpha value is -3.74. The first-order chi connectivity index (χ1) is 21.2. The highest BCUT2D eigenvalue weighted by Gasteiger charge is 2.31. The van der Waals surface area contributed by atoms with Crippen molar-refractivity contribution in [1.29, 1.82) is 0 Å². The summed E-state index contributed by atoms with van der Waals surface area (Å²) in [6.45, 7) is 3.39. The second-order valence-electron chi connectivity index (χ2n) is 11.0. The first-order valence-corrected chi connectivity index (χ1v) is 16.0. The molecule has 2 N–H and O–H groups in total. The van der Waals surface area contributed by atoms with Crippen LogP contribution in [0.2, 0.25) is 0 Å². The number of methoxy groups -OCH3 is 1. The molecule has 3 aromatic rings. The molecule has 244 valence electrons. The molecule has 2 aromatic carbocycles. The molecule has 1 fully saturated rings. The maximum Gasteiger partial charge on any atom is 0.406 e. The lowest BCUT2D eigenvalue weighted by Crippen LogP contribution is -2.50. The van der Waals surface area contributed by atoms with Gasteiger partial charge in [0.25, 0.3) is 12.3 Å². The summed E-state index contributed by atoms with van der Waals surface area (Å²) in [5.74, 6) is 5.14. The maximum atomic E-state index is 13.6. The quantitative estimate of drug-likeness (QED) is 0.245. The highest BCUT2D eigenvalue weighted by molar-refractivity contribution is 7.90. The molecule has 9 nitrogen and oxygen atoms in total. The monoisotopic (exact) mass is 655 g/mol. The van der Waals surface area contributed by atoms with E-state index < -0.39 is 40.5 Å². The van der Waals surface area contributed by atoms with Gasteiger partial charge in [-0.25, -0.2) is 22.2 Å². The highest BCUT2D eigenvalue weighted by Crippen LogP contribution is 2.30. The van der Waals surface area contributed by atoms with Gasteiger partial charge in [0.05, 0.1) is 35.5 Å². The van der Waals surface area contributed by atoms with Crippen molar-refractivity contribution < 1.29 is 39.9 Å². The smallest absolute Gasteiger partial charge is 0.383 e. The molecule has 1 saturated heterocycles. The number of alkyl halides is 5. The second kappa shape index (κ2) is 14.1. The van der Waals surface area contributed by atoms with Crippen LogP contribution in [-0.4, -0.2) is 87.1 Å². The van der Waals surface area contributed by atoms with Gasteiger partial charge >= 0.3 is 6.18 Å². The van der Waals surface area contributed by atoms with Gasteiger partial charge in [0, 0.05) is 55.9 Å². The lowest BCUT2D eigenvalue weighted by Gasteiger charge is -2.37. The van der Waals surface area contributed by atoms with Gasteiger partial charge in [-0.05, 0) is 42.7 Å². The van der Waals surface area contributed by atoms with Crippen molar-refractivity contribution >= 4 is 32.5 Å². The molecule has 0 saturated carbocycles. The number of anilines is 1. The van der Waals surface area contributed by atoms with Gasteiger partial charge in [-0.15, -0.1) is 0 Å². The molecule has 4 rings (SSSR count). The standard InChI is InChI=1S/C30H34F5N5O4S/c1-19-16-39(11-12-44-2)10-8-24(19)38-29(41)23-13-20(14-26-27(23)37-18-40(26)17-30(33,34)35)5-4-9-36-25-7-6-21(45(3,42)43)15-22(25)28(31)32/h6-7,13-15,18-19,24,28,36H,8-12,16-17H2,1-3H3,(H,38,41)/t19-,24-/m0/s1. The topological polar surface area (TPSA) is 106 Å². The molecular weight excluding hydrogens is 621 g/mol. The predicted octanol–water partition coefficient (Wildman–Crippen LogP) is 4.49. The number of benzene rings is 2. The first kappa shape index (κ1) is 34.1. The number of carbonyl (C=O) groups excluding carboxylic acids is 1. The van der Waals surface area contributed by atoms with Crippen molar-refractivity contribution in [3.05, 3.63) is 53.3 Å². The van der Waals surface area contributed by atoms with E-state index in [0.29, 0.717) is 13.0 Å². The van der Waals surface area contributed by atoms with Crippen molar-refractivity contribution in [2.45, 2.75) is 43.4 Å². The predicted molar refractivity (Wildman–Crippen MR) is 159 cm³/mol. The van der Waals surface area contributed by atoms with E-state index in [1.54, 1.807) is 7.11 Å². The molecule has 1 amide bonds. The molecule has 15 heteroatoms. The van der Waals surface area contributed by atoms with Crippen molar-refractivity contribution in [2.75, 3.05) is 51.5 Å². The van der Waals surface area contributed by atoms with E-state index in [2.05, 4.69) is 32.4 Å². The Kier molecular flexibility index (Phi) is 10.7. The van der Waals surface area contributed by atoms with Gasteiger partial charge < -0.3 is 24.8 Å². The van der Waals surface area contributed by atoms with Gasteiger partial charge in [-0.1, -0.05) is 18.8 Å². The van der Waals surface area contributed by atoms with Crippen LogP contribution in [0.3, 0.4) is 0 Å². The largest absolute Gasteiger partial charge is 0.406 e. The Morgan fingerprint density at radius 1 is 1.22 bits per heavy atom. The molecule has 0 spiro atoms. The van der Waals surface area contributed by atoms with Gasteiger partial charge in [-0.2, -0.15) is 13.2 Å². The Labute approximate surface area is 258 Å². The number of imidazole rings is 1. The summed E-state index contributed by atoms with van der Waals surface area (Å²) in [4.78, 5) is 19.6. The highest BCUT2D eigenvalue weighted by atomic mass is 32.2. The molecule has 1 aromatic heterocycles. The number of aromatic nitrogens is 2. The molecule has 0 bridgehead atoms. The minimum atomic E-state index is -4.54. The number of nitrogens with zero attached hydrogens (tertiary/aromatic N) is 3. The number of hydrogen-bond donors (Lipinski definition) is 2. The lowest BCUT2D eigenvalue weighted by atomic mass is 9.93. The fraction of sp³-hybridized carbons (Fsp3) is 0.467. The number of halogens is 5. The van der Waals surface area contributed by atoms with E-state index in [1.807, 2.05) is 6.92 Å². The van der Waals surface area contributed by atoms with Crippen LogP contribution in [0.25, 0.3) is 11.0 Å². The minimum absolute atomic E-state index is 0.0205. The molecule has 0 unspecified atom stereocenters. The van der Waals surface area contributed by atoms with Gasteiger partial charge in [0.15, 0.2) is 9.84 Å². The van der Waals surface area contributed by atoms with E-state index in [1.165, 1.54) is 24.3 Å². The molecule has 2 atom stereocenters. The van der Waals surface area contributed by atoms with E-state index in [0.717, 1.165) is 42.9 Å². The summed E-state index contributed by atoms with van der Waals surface area (Å²) in [6.07, 6.45) is -4.88. The fourth-order valence-corrected chi connectivity index (χ4v) is 5.90. The Bertz CT molecular complexity index is 1700. The van der Waals surface area contributed by atoms with Gasteiger partial charge in [0.1, 0.15) is 12.1 Å². The van der Waals surface area contributed by atoms with Crippen LogP contribution in [0, 0.1) is 17.8 Å². The number of sulfone groups is 1. The van der Waals surface area contributed by atoms with Crippen LogP contribution in [0.1, 0.15) is 41.3 Å². The zero-order chi connectivity index (χ0) is 32.9. The average Bonchev–Trinajstić information content (AvgIpc) is 3.35. The maximum absolute atomic E-state index is 13.6. The zero-order valence-electron chi connectivity index (χ0n) is 24.9. The van der Waals surface area contributed by atoms with E-state index in [9.17, 15) is 35.2 Å². The van der Waals surface area contributed by atoms with E-state index in [-0.39, 0.29) is 51.2 Å². The van der Waals surface area contributed by atoms with Crippen LogP contribution < -0.4 is 10.6 Å². The summed E-state index contributed by atoms with van der Waals surface area (Å²) in [7, 11) is -2.07. The summed E-state index contributed by atoms with van der Waals surface area (Å²) in [5, 5.41) is 5.74. The second-order valence-corrected chi connectivity index (χ2v) is 13.0. The summed E-state index contributed by atoms with van der Waals surface area (Å²) >= 11 is 0. The number of carbonyl (C=O) groups is 1. The molecule has 0 radical (unpaired) electrons. The fourth-order valence-electron chi connectivity index (χ4n) is 5.24. The molecule has 1 aliphatic rings. The van der Waals surface area contributed by atoms with Crippen molar-refractivity contribution in [3.8, 4) is 11.8 Å². The summed E-state index contributed by atoms with van der Waals surface area (Å²) < 4.78 is 96.7. The van der Waals surface area contributed by atoms with Crippen molar-refractivity contribution in [3.63, 3.8) is 0 Å². The first-order valence-electron chi connectivity index (χ1n) is 14.1. The molecule has 2 heterocycles. The number of rotatable bonds is 10. The van der Waals surface area contributed by atoms with Crippen LogP contribution in [0.5, 0.6) is 0 Å². The number of likely N-dealkylation sites (tertiary alicyclic amines) is 1. The molecule has 45 heavy (non-hydrogen) atoms. The number of amides is 1. The molecular formula is C30H34F5N5O4S. The third kappa shape index (κ3) is 8.93. The van der Waals surface area contributed by atoms with Gasteiger partial charge in [-0.3, -0.25) is 4.79 Å². The third-order valence-electron chi connectivity index (χ3n) is 7.52. The summed E-state index contributed by atoms with van der Waals surface area (Å²) in [5.41, 5.74) is -0.0877. The van der Waals surface area contributed by atoms with E-state index in [4.69, 9.17) is 4.74 Å². The van der Waals surface area contributed by atoms with E-state index >= 15 is 0 Å². The van der Waals surface area contributed by atoms with Crippen LogP contribution >= 0.6 is 0 Å². The Morgan fingerprint density at radius 2 is 1.98 bits per heavy atom. The number of ether oxygens (including phenoxy) is 1.